The summed E-state index contributed by atoms with van der Waals surface area (Å²) < 4.78 is 0. The molecule has 0 aliphatic rings. The molecule has 0 saturated carbocycles. The van der Waals surface area contributed by atoms with Crippen LogP contribution in [0.15, 0.2) is 11.1 Å². The van der Waals surface area contributed by atoms with Crippen LogP contribution in [0.2, 0.25) is 5.15 Å². The monoisotopic (exact) mass is 198 g/mol. The molecule has 0 fully saturated rings. The van der Waals surface area contributed by atoms with E-state index in [9.17, 15) is 0 Å². The van der Waals surface area contributed by atoms with E-state index >= 15 is 0 Å². The third-order valence-electron chi connectivity index (χ3n) is 1.44. The van der Waals surface area contributed by atoms with Crippen molar-refractivity contribution in [1.82, 2.24) is 4.98 Å². The van der Waals surface area contributed by atoms with Crippen molar-refractivity contribution in [1.29, 1.82) is 0 Å². The summed E-state index contributed by atoms with van der Waals surface area (Å²) >= 11 is 7.29. The molecule has 2 nitrogen and oxygen atoms in total. The topological polar surface area (TPSA) is 17.2 Å². The average Bonchev–Trinajstić information content (AvgIpc) is 2.03. The minimum absolute atomic E-state index is 0.300. The Bertz CT molecular complexity index is 320. The summed E-state index contributed by atoms with van der Waals surface area (Å²) in [5, 5.41) is 1.15. The highest BCUT2D eigenvalue weighted by molar-refractivity contribution is 7.98. The molecule has 0 bridgehead atoms. The van der Waals surface area contributed by atoms with Crippen LogP contribution in [0.4, 0.5) is 5.69 Å². The molecule has 62 valence electrons. The lowest BCUT2D eigenvalue weighted by Gasteiger charge is -2.01. The van der Waals surface area contributed by atoms with Crippen molar-refractivity contribution in [3.05, 3.63) is 28.2 Å². The standard InChI is InChI=1S/C8H7ClN2S/c1-5-4-6(12-3)11-8(9)7(5)10-2/h4H,1,3H3. The van der Waals surface area contributed by atoms with Crippen molar-refractivity contribution < 1.29 is 0 Å². The number of hydrogen-bond donors (Lipinski definition) is 0. The summed E-state index contributed by atoms with van der Waals surface area (Å²) in [7, 11) is 0. The number of aromatic nitrogens is 1. The second-order valence-electron chi connectivity index (χ2n) is 2.23. The molecule has 0 saturated heterocycles. The van der Waals surface area contributed by atoms with Crippen LogP contribution in [0.5, 0.6) is 0 Å². The van der Waals surface area contributed by atoms with Gasteiger partial charge in [-0.1, -0.05) is 11.6 Å². The fourth-order valence-corrected chi connectivity index (χ4v) is 1.65. The maximum absolute atomic E-state index is 6.85. The SMILES string of the molecule is [C-]#[N+]c1c(C)cc(SC)nc1Cl. The Morgan fingerprint density at radius 1 is 1.67 bits per heavy atom. The van der Waals surface area contributed by atoms with Gasteiger partial charge < -0.3 is 0 Å². The van der Waals surface area contributed by atoms with Crippen molar-refractivity contribution in [3.63, 3.8) is 0 Å². The molecule has 0 amide bonds. The predicted octanol–water partition coefficient (Wildman–Crippen LogP) is 3.32. The van der Waals surface area contributed by atoms with E-state index < -0.39 is 0 Å². The number of pyridine rings is 1. The fraction of sp³-hybridized carbons (Fsp3) is 0.250. The molecule has 0 radical (unpaired) electrons. The van der Waals surface area contributed by atoms with Crippen LogP contribution in [0, 0.1) is 13.5 Å². The lowest BCUT2D eigenvalue weighted by molar-refractivity contribution is 1.12. The minimum Gasteiger partial charge on any atom is -0.242 e. The Morgan fingerprint density at radius 2 is 2.33 bits per heavy atom. The van der Waals surface area contributed by atoms with E-state index in [4.69, 9.17) is 18.2 Å². The molecule has 0 aromatic carbocycles. The zero-order chi connectivity index (χ0) is 9.14. The van der Waals surface area contributed by atoms with Crippen molar-refractivity contribution in [3.8, 4) is 0 Å². The zero-order valence-corrected chi connectivity index (χ0v) is 8.33. The van der Waals surface area contributed by atoms with E-state index in [1.807, 2.05) is 19.2 Å². The summed E-state index contributed by atoms with van der Waals surface area (Å²) in [5.74, 6) is 0. The Labute approximate surface area is 80.8 Å². The van der Waals surface area contributed by atoms with E-state index in [-0.39, 0.29) is 0 Å². The lowest BCUT2D eigenvalue weighted by Crippen LogP contribution is -1.83. The van der Waals surface area contributed by atoms with Gasteiger partial charge in [-0.25, -0.2) is 9.83 Å². The molecule has 1 aromatic heterocycles. The average molecular weight is 199 g/mol. The summed E-state index contributed by atoms with van der Waals surface area (Å²) in [6.07, 6.45) is 1.93. The largest absolute Gasteiger partial charge is 0.242 e. The third kappa shape index (κ3) is 1.71. The summed E-state index contributed by atoms with van der Waals surface area (Å²) in [4.78, 5) is 7.33. The Morgan fingerprint density at radius 3 is 2.75 bits per heavy atom. The maximum atomic E-state index is 6.85. The van der Waals surface area contributed by atoms with Crippen LogP contribution in [0.3, 0.4) is 0 Å². The molecule has 0 atom stereocenters. The van der Waals surface area contributed by atoms with Crippen LogP contribution in [-0.4, -0.2) is 11.2 Å². The molecule has 12 heavy (non-hydrogen) atoms. The van der Waals surface area contributed by atoms with Crippen LogP contribution in [-0.2, 0) is 0 Å². The van der Waals surface area contributed by atoms with Gasteiger partial charge in [0.15, 0.2) is 0 Å². The van der Waals surface area contributed by atoms with Crippen molar-refractivity contribution in [2.75, 3.05) is 6.26 Å². The normalized spacial score (nSPS) is 9.50. The second-order valence-corrected chi connectivity index (χ2v) is 3.42. The minimum atomic E-state index is 0.300. The van der Waals surface area contributed by atoms with Gasteiger partial charge in [-0.15, -0.1) is 11.8 Å². The van der Waals surface area contributed by atoms with Crippen molar-refractivity contribution in [2.45, 2.75) is 11.9 Å². The van der Waals surface area contributed by atoms with E-state index in [0.29, 0.717) is 10.8 Å². The number of rotatable bonds is 1. The van der Waals surface area contributed by atoms with Crippen LogP contribution in [0.25, 0.3) is 4.85 Å². The van der Waals surface area contributed by atoms with E-state index in [1.54, 1.807) is 0 Å². The van der Waals surface area contributed by atoms with Crippen molar-refractivity contribution in [2.24, 2.45) is 0 Å². The number of halogens is 1. The third-order valence-corrected chi connectivity index (χ3v) is 2.33. The molecular weight excluding hydrogens is 192 g/mol. The molecule has 4 heteroatoms. The van der Waals surface area contributed by atoms with Gasteiger partial charge in [0.25, 0.3) is 0 Å². The molecule has 0 spiro atoms. The summed E-state index contributed by atoms with van der Waals surface area (Å²) in [6.45, 7) is 8.71. The number of aryl methyl sites for hydroxylation is 1. The highest BCUT2D eigenvalue weighted by Gasteiger charge is 2.06. The smallest absolute Gasteiger partial charge is 0.226 e. The first-order chi connectivity index (χ1) is 5.69. The summed E-state index contributed by atoms with van der Waals surface area (Å²) in [5.41, 5.74) is 1.34. The first-order valence-corrected chi connectivity index (χ1v) is 4.88. The molecule has 1 rings (SSSR count). The van der Waals surface area contributed by atoms with Crippen LogP contribution >= 0.6 is 23.4 Å². The maximum Gasteiger partial charge on any atom is 0.226 e. The molecule has 0 unspecified atom stereocenters. The molecule has 0 aliphatic carbocycles. The quantitative estimate of drug-likeness (QED) is 0.391. The van der Waals surface area contributed by atoms with Crippen molar-refractivity contribution >= 4 is 29.1 Å². The highest BCUT2D eigenvalue weighted by atomic mass is 35.5. The fourth-order valence-electron chi connectivity index (χ4n) is 0.837. The summed E-state index contributed by atoms with van der Waals surface area (Å²) in [6, 6.07) is 1.86. The first kappa shape index (κ1) is 9.37. The zero-order valence-electron chi connectivity index (χ0n) is 6.76. The number of hydrogen-bond acceptors (Lipinski definition) is 2. The molecule has 1 aromatic rings. The molecular formula is C8H7ClN2S. The van der Waals surface area contributed by atoms with E-state index in [1.165, 1.54) is 11.8 Å². The Hall–Kier alpha value is -0.720. The van der Waals surface area contributed by atoms with Gasteiger partial charge in [-0.3, -0.25) is 0 Å². The van der Waals surface area contributed by atoms with Gasteiger partial charge in [-0.2, -0.15) is 0 Å². The number of nitrogens with zero attached hydrogens (tertiary/aromatic N) is 2. The molecule has 0 aliphatic heterocycles. The number of thioether (sulfide) groups is 1. The molecule has 1 heterocycles. The van der Waals surface area contributed by atoms with Crippen LogP contribution in [0.1, 0.15) is 5.56 Å². The van der Waals surface area contributed by atoms with Gasteiger partial charge >= 0.3 is 0 Å². The van der Waals surface area contributed by atoms with Gasteiger partial charge in [0.2, 0.25) is 5.69 Å². The Balaban J connectivity index is 3.30. The van der Waals surface area contributed by atoms with Crippen LogP contribution < -0.4 is 0 Å². The first-order valence-electron chi connectivity index (χ1n) is 3.27. The predicted molar refractivity (Wildman–Crippen MR) is 52.0 cm³/mol. The Kier molecular flexibility index (Phi) is 2.96. The second kappa shape index (κ2) is 3.79. The van der Waals surface area contributed by atoms with Gasteiger partial charge in [0.05, 0.1) is 11.6 Å². The highest BCUT2D eigenvalue weighted by Crippen LogP contribution is 2.29. The molecule has 0 N–H and O–H groups in total. The van der Waals surface area contributed by atoms with E-state index in [0.717, 1.165) is 10.6 Å². The van der Waals surface area contributed by atoms with E-state index in [2.05, 4.69) is 9.83 Å². The van der Waals surface area contributed by atoms with Gasteiger partial charge in [-0.05, 0) is 24.8 Å². The lowest BCUT2D eigenvalue weighted by atomic mass is 10.3. The van der Waals surface area contributed by atoms with Gasteiger partial charge in [0.1, 0.15) is 5.15 Å². The van der Waals surface area contributed by atoms with Gasteiger partial charge in [0, 0.05) is 0 Å².